The number of anilines is 1. The smallest absolute Gasteiger partial charge is 0.328 e. The van der Waals surface area contributed by atoms with Crippen LogP contribution in [0.4, 0.5) is 10.5 Å². The molecule has 2 rings (SSSR count). The van der Waals surface area contributed by atoms with Crippen LogP contribution in [0.2, 0.25) is 0 Å². The molecule has 0 saturated heterocycles. The minimum Gasteiger partial charge on any atom is -0.375 e. The molecule has 0 bridgehead atoms. The van der Waals surface area contributed by atoms with Crippen LogP contribution in [0.1, 0.15) is 23.6 Å². The minimum absolute atomic E-state index is 0.0907. The molecule has 144 valence electrons. The Balaban J connectivity index is 1.85. The summed E-state index contributed by atoms with van der Waals surface area (Å²) >= 11 is 0. The zero-order chi connectivity index (χ0) is 19.6. The Bertz CT molecular complexity index is 755. The molecular formula is C21H28N4O2. The molecule has 27 heavy (non-hydrogen) atoms. The molecular weight excluding hydrogens is 340 g/mol. The van der Waals surface area contributed by atoms with Gasteiger partial charge < -0.3 is 10.5 Å². The number of carbonyl (C=O) groups is 1. The van der Waals surface area contributed by atoms with Gasteiger partial charge in [-0.1, -0.05) is 48.5 Å². The number of urea groups is 1. The molecule has 0 saturated carbocycles. The van der Waals surface area contributed by atoms with E-state index in [1.54, 1.807) is 4.90 Å². The molecule has 2 aromatic rings. The van der Waals surface area contributed by atoms with Gasteiger partial charge in [-0.3, -0.25) is 15.2 Å². The highest BCUT2D eigenvalue weighted by Crippen LogP contribution is 2.24. The van der Waals surface area contributed by atoms with Gasteiger partial charge in [-0.15, -0.1) is 0 Å². The number of nitrogens with zero attached hydrogens (tertiary/aromatic N) is 2. The first-order chi connectivity index (χ1) is 13.0. The summed E-state index contributed by atoms with van der Waals surface area (Å²) in [6.07, 6.45) is 0. The van der Waals surface area contributed by atoms with Crippen molar-refractivity contribution >= 4 is 17.7 Å². The van der Waals surface area contributed by atoms with E-state index in [2.05, 4.69) is 10.3 Å². The van der Waals surface area contributed by atoms with Crippen LogP contribution in [-0.2, 0) is 11.3 Å². The molecule has 3 N–H and O–H groups in total. The van der Waals surface area contributed by atoms with Gasteiger partial charge in [0.15, 0.2) is 5.96 Å². The van der Waals surface area contributed by atoms with Crippen molar-refractivity contribution in [3.63, 3.8) is 0 Å². The average Bonchev–Trinajstić information content (AvgIpc) is 2.65. The van der Waals surface area contributed by atoms with Crippen LogP contribution in [0.5, 0.6) is 0 Å². The summed E-state index contributed by atoms with van der Waals surface area (Å²) in [6, 6.07) is 15.6. The molecule has 2 aromatic carbocycles. The molecule has 6 nitrogen and oxygen atoms in total. The molecule has 0 unspecified atom stereocenters. The number of amides is 2. The summed E-state index contributed by atoms with van der Waals surface area (Å²) in [4.78, 5) is 18.4. The second-order valence-corrected chi connectivity index (χ2v) is 6.22. The molecule has 0 aliphatic rings. The number of nitrogens with one attached hydrogen (secondary N) is 1. The van der Waals surface area contributed by atoms with Crippen LogP contribution in [0.15, 0.2) is 53.5 Å². The van der Waals surface area contributed by atoms with E-state index in [0.717, 1.165) is 22.4 Å². The summed E-state index contributed by atoms with van der Waals surface area (Å²) in [5.41, 5.74) is 9.93. The average molecular weight is 368 g/mol. The van der Waals surface area contributed by atoms with E-state index in [1.165, 1.54) is 0 Å². The van der Waals surface area contributed by atoms with E-state index in [9.17, 15) is 4.79 Å². The number of rotatable bonds is 7. The Morgan fingerprint density at radius 2 is 1.78 bits per heavy atom. The number of hydrogen-bond acceptors (Lipinski definition) is 3. The van der Waals surface area contributed by atoms with Crippen LogP contribution in [0.3, 0.4) is 0 Å². The first-order valence-electron chi connectivity index (χ1n) is 9.09. The summed E-state index contributed by atoms with van der Waals surface area (Å²) in [5.74, 6) is 0.0907. The van der Waals surface area contributed by atoms with Gasteiger partial charge in [0.1, 0.15) is 0 Å². The first-order valence-corrected chi connectivity index (χ1v) is 9.09. The lowest BCUT2D eigenvalue weighted by atomic mass is 10.1. The highest BCUT2D eigenvalue weighted by atomic mass is 16.5. The Morgan fingerprint density at radius 3 is 2.41 bits per heavy atom. The third kappa shape index (κ3) is 6.11. The monoisotopic (exact) mass is 368 g/mol. The molecule has 0 spiro atoms. The quantitative estimate of drug-likeness (QED) is 0.447. The highest BCUT2D eigenvalue weighted by molar-refractivity contribution is 6.03. The van der Waals surface area contributed by atoms with Crippen molar-refractivity contribution in [1.82, 2.24) is 5.32 Å². The SMILES string of the molecule is CCN(C(=O)NC(N)=NCCOCc1ccccc1)c1c(C)cccc1C. The maximum atomic E-state index is 12.6. The van der Waals surface area contributed by atoms with Crippen molar-refractivity contribution in [2.45, 2.75) is 27.4 Å². The number of carbonyl (C=O) groups excluding carboxylic acids is 1. The van der Waals surface area contributed by atoms with Crippen LogP contribution < -0.4 is 16.0 Å². The lowest BCUT2D eigenvalue weighted by Crippen LogP contribution is -2.46. The second kappa shape index (κ2) is 10.3. The van der Waals surface area contributed by atoms with Crippen molar-refractivity contribution in [3.05, 3.63) is 65.2 Å². The minimum atomic E-state index is -0.290. The van der Waals surface area contributed by atoms with Crippen LogP contribution in [0.25, 0.3) is 0 Å². The Labute approximate surface area is 161 Å². The lowest BCUT2D eigenvalue weighted by Gasteiger charge is -2.25. The van der Waals surface area contributed by atoms with E-state index in [0.29, 0.717) is 26.3 Å². The summed E-state index contributed by atoms with van der Waals surface area (Å²) in [5, 5.41) is 2.65. The molecule has 0 aromatic heterocycles. The van der Waals surface area contributed by atoms with Gasteiger partial charge in [-0.25, -0.2) is 4.79 Å². The summed E-state index contributed by atoms with van der Waals surface area (Å²) in [7, 11) is 0. The normalized spacial score (nSPS) is 11.3. The summed E-state index contributed by atoms with van der Waals surface area (Å²) < 4.78 is 5.56. The maximum absolute atomic E-state index is 12.6. The van der Waals surface area contributed by atoms with Gasteiger partial charge in [0.25, 0.3) is 0 Å². The fourth-order valence-electron chi connectivity index (χ4n) is 2.85. The zero-order valence-corrected chi connectivity index (χ0v) is 16.2. The van der Waals surface area contributed by atoms with Crippen molar-refractivity contribution in [3.8, 4) is 0 Å². The first kappa shape index (κ1) is 20.5. The topological polar surface area (TPSA) is 80.0 Å². The molecule has 0 aliphatic heterocycles. The fraction of sp³-hybridized carbons (Fsp3) is 0.333. The van der Waals surface area contributed by atoms with Gasteiger partial charge in [0.05, 0.1) is 25.4 Å². The summed E-state index contributed by atoms with van der Waals surface area (Å²) in [6.45, 7) is 7.77. The van der Waals surface area contributed by atoms with Crippen molar-refractivity contribution in [1.29, 1.82) is 0 Å². The number of para-hydroxylation sites is 1. The van der Waals surface area contributed by atoms with Crippen molar-refractivity contribution < 1.29 is 9.53 Å². The maximum Gasteiger partial charge on any atom is 0.328 e. The van der Waals surface area contributed by atoms with Crippen molar-refractivity contribution in [2.75, 3.05) is 24.6 Å². The van der Waals surface area contributed by atoms with Gasteiger partial charge in [0.2, 0.25) is 0 Å². The zero-order valence-electron chi connectivity index (χ0n) is 16.2. The number of nitrogens with two attached hydrogens (primary N) is 1. The Kier molecular flexibility index (Phi) is 7.82. The predicted octanol–water partition coefficient (Wildman–Crippen LogP) is 3.37. The highest BCUT2D eigenvalue weighted by Gasteiger charge is 2.18. The van der Waals surface area contributed by atoms with E-state index >= 15 is 0 Å². The van der Waals surface area contributed by atoms with Crippen molar-refractivity contribution in [2.24, 2.45) is 10.7 Å². The van der Waals surface area contributed by atoms with Gasteiger partial charge in [-0.2, -0.15) is 0 Å². The Morgan fingerprint density at radius 1 is 1.11 bits per heavy atom. The van der Waals surface area contributed by atoms with Gasteiger partial charge in [0, 0.05) is 6.54 Å². The third-order valence-corrected chi connectivity index (χ3v) is 4.14. The number of guanidine groups is 1. The van der Waals surface area contributed by atoms with Crippen LogP contribution in [0, 0.1) is 13.8 Å². The largest absolute Gasteiger partial charge is 0.375 e. The van der Waals surface area contributed by atoms with Crippen LogP contribution >= 0.6 is 0 Å². The standard InChI is InChI=1S/C21H28N4O2/c1-4-25(19-16(2)9-8-10-17(19)3)21(26)24-20(22)23-13-14-27-15-18-11-6-5-7-12-18/h5-12H,4,13-15H2,1-3H3,(H3,22,23,24,26). The molecule has 0 atom stereocenters. The van der Waals surface area contributed by atoms with Gasteiger partial charge >= 0.3 is 6.03 Å². The molecule has 0 heterocycles. The predicted molar refractivity (Wildman–Crippen MR) is 110 cm³/mol. The fourth-order valence-corrected chi connectivity index (χ4v) is 2.85. The second-order valence-electron chi connectivity index (χ2n) is 6.22. The van der Waals surface area contributed by atoms with E-state index < -0.39 is 0 Å². The molecule has 6 heteroatoms. The van der Waals surface area contributed by atoms with E-state index in [4.69, 9.17) is 10.5 Å². The van der Waals surface area contributed by atoms with E-state index in [1.807, 2.05) is 69.3 Å². The molecule has 2 amide bonds. The van der Waals surface area contributed by atoms with Crippen LogP contribution in [-0.4, -0.2) is 31.7 Å². The lowest BCUT2D eigenvalue weighted by molar-refractivity contribution is 0.128. The number of benzene rings is 2. The molecule has 0 radical (unpaired) electrons. The Hall–Kier alpha value is -2.86. The molecule has 0 aliphatic carbocycles. The van der Waals surface area contributed by atoms with E-state index in [-0.39, 0.29) is 12.0 Å². The number of hydrogen-bond donors (Lipinski definition) is 2. The number of ether oxygens (including phenoxy) is 1. The van der Waals surface area contributed by atoms with Gasteiger partial charge in [-0.05, 0) is 37.5 Å². The number of aryl methyl sites for hydroxylation is 2. The number of aliphatic imine (C=N–C) groups is 1. The third-order valence-electron chi connectivity index (χ3n) is 4.14. The molecule has 0 fully saturated rings.